The third-order valence-electron chi connectivity index (χ3n) is 3.61. The number of benzene rings is 1. The first-order chi connectivity index (χ1) is 8.69. The van der Waals surface area contributed by atoms with Crippen molar-refractivity contribution < 1.29 is 0 Å². The summed E-state index contributed by atoms with van der Waals surface area (Å²) in [5, 5.41) is 6.79. The maximum atomic E-state index is 5.46. The highest BCUT2D eigenvalue weighted by atomic mass is 35.5. The van der Waals surface area contributed by atoms with Gasteiger partial charge in [-0.1, -0.05) is 36.0 Å². The zero-order valence-corrected chi connectivity index (χ0v) is 12.5. The number of nitrogens with one attached hydrogen (secondary N) is 2. The van der Waals surface area contributed by atoms with Gasteiger partial charge in [-0.2, -0.15) is 0 Å². The first-order valence-electron chi connectivity index (χ1n) is 6.39. The van der Waals surface area contributed by atoms with E-state index in [4.69, 9.17) is 17.2 Å². The molecule has 1 aromatic rings. The van der Waals surface area contributed by atoms with Crippen molar-refractivity contribution in [1.29, 1.82) is 0 Å². The lowest BCUT2D eigenvalue weighted by atomic mass is 10.00. The van der Waals surface area contributed by atoms with Crippen LogP contribution in [0.5, 0.6) is 0 Å². The number of halogens is 1. The Bertz CT molecular complexity index is 521. The lowest BCUT2D eigenvalue weighted by Gasteiger charge is -2.31. The molecule has 1 aromatic carbocycles. The van der Waals surface area contributed by atoms with Gasteiger partial charge < -0.3 is 10.6 Å². The van der Waals surface area contributed by atoms with Crippen LogP contribution in [0.3, 0.4) is 0 Å². The Morgan fingerprint density at radius 1 is 1.26 bits per heavy atom. The molecule has 0 amide bonds. The van der Waals surface area contributed by atoms with E-state index in [0.717, 1.165) is 42.2 Å². The van der Waals surface area contributed by atoms with E-state index in [1.54, 1.807) is 0 Å². The molecule has 0 radical (unpaired) electrons. The monoisotopic (exact) mass is 295 g/mol. The molecule has 2 aliphatic heterocycles. The summed E-state index contributed by atoms with van der Waals surface area (Å²) < 4.78 is 0. The molecule has 1 saturated heterocycles. The number of aryl methyl sites for hydroxylation is 1. The molecule has 2 N–H and O–H groups in total. The first kappa shape index (κ1) is 14.4. The van der Waals surface area contributed by atoms with E-state index in [9.17, 15) is 0 Å². The number of nitrogens with zero attached hydrogens (tertiary/aromatic N) is 1. The van der Waals surface area contributed by atoms with Gasteiger partial charge in [0.2, 0.25) is 0 Å². The highest BCUT2D eigenvalue weighted by molar-refractivity contribution is 7.82. The molecule has 0 unspecified atom stereocenters. The maximum absolute atomic E-state index is 5.46. The zero-order valence-electron chi connectivity index (χ0n) is 10.9. The van der Waals surface area contributed by atoms with Crippen molar-refractivity contribution in [3.63, 3.8) is 0 Å². The third-order valence-corrected chi connectivity index (χ3v) is 3.90. The molecule has 0 aliphatic carbocycles. The minimum Gasteiger partial charge on any atom is -0.350 e. The van der Waals surface area contributed by atoms with E-state index in [0.29, 0.717) is 0 Å². The molecular formula is C14H18ClN3S. The van der Waals surface area contributed by atoms with Gasteiger partial charge in [0.25, 0.3) is 0 Å². The smallest absolute Gasteiger partial charge is 0.133 e. The van der Waals surface area contributed by atoms with Gasteiger partial charge in [0.05, 0.1) is 0 Å². The van der Waals surface area contributed by atoms with Gasteiger partial charge >= 0.3 is 0 Å². The molecule has 0 bridgehead atoms. The van der Waals surface area contributed by atoms with E-state index in [-0.39, 0.29) is 18.1 Å². The van der Waals surface area contributed by atoms with Gasteiger partial charge in [-0.3, -0.25) is 4.99 Å². The Kier molecular flexibility index (Phi) is 4.23. The summed E-state index contributed by atoms with van der Waals surface area (Å²) in [5.41, 5.74) is 3.17. The number of rotatable bonds is 1. The fourth-order valence-corrected chi connectivity index (χ4v) is 2.98. The summed E-state index contributed by atoms with van der Waals surface area (Å²) in [7, 11) is 0. The summed E-state index contributed by atoms with van der Waals surface area (Å²) >= 11 is 5.46. The minimum atomic E-state index is -0.151. The van der Waals surface area contributed by atoms with Crippen LogP contribution in [-0.4, -0.2) is 29.5 Å². The average Bonchev–Trinajstić information content (AvgIpc) is 2.67. The fourth-order valence-electron chi connectivity index (χ4n) is 2.63. The Morgan fingerprint density at radius 2 is 2.00 bits per heavy atom. The zero-order chi connectivity index (χ0) is 12.6. The predicted molar refractivity (Wildman–Crippen MR) is 85.5 cm³/mol. The second kappa shape index (κ2) is 5.57. The lowest BCUT2D eigenvalue weighted by Crippen LogP contribution is -2.49. The van der Waals surface area contributed by atoms with Crippen LogP contribution >= 0.6 is 24.6 Å². The molecule has 5 heteroatoms. The predicted octanol–water partition coefficient (Wildman–Crippen LogP) is 2.22. The number of hydrogen-bond acceptors (Lipinski definition) is 3. The number of thiocarbonyl (C=S) groups is 1. The first-order valence-corrected chi connectivity index (χ1v) is 6.80. The maximum Gasteiger partial charge on any atom is 0.133 e. The van der Waals surface area contributed by atoms with Crippen molar-refractivity contribution in [1.82, 2.24) is 10.6 Å². The van der Waals surface area contributed by atoms with Gasteiger partial charge in [0.15, 0.2) is 0 Å². The second-order valence-electron chi connectivity index (χ2n) is 5.07. The number of piperidine rings is 1. The van der Waals surface area contributed by atoms with E-state index >= 15 is 0 Å². The molecule has 0 atom stereocenters. The molecule has 19 heavy (non-hydrogen) atoms. The van der Waals surface area contributed by atoms with Gasteiger partial charge in [-0.05, 0) is 26.1 Å². The summed E-state index contributed by atoms with van der Waals surface area (Å²) in [5.74, 6) is 0. The van der Waals surface area contributed by atoms with Crippen LogP contribution in [0, 0.1) is 6.92 Å². The van der Waals surface area contributed by atoms with Crippen molar-refractivity contribution in [2.24, 2.45) is 4.99 Å². The molecular weight excluding hydrogens is 278 g/mol. The topological polar surface area (TPSA) is 36.4 Å². The fraction of sp³-hybridized carbons (Fsp3) is 0.429. The van der Waals surface area contributed by atoms with Crippen molar-refractivity contribution >= 4 is 35.3 Å². The molecule has 1 spiro atoms. The third kappa shape index (κ3) is 2.81. The van der Waals surface area contributed by atoms with Crippen molar-refractivity contribution in [2.45, 2.75) is 25.4 Å². The molecule has 1 fully saturated rings. The van der Waals surface area contributed by atoms with Gasteiger partial charge in [0, 0.05) is 18.4 Å². The Hall–Kier alpha value is -0.970. The van der Waals surface area contributed by atoms with Crippen LogP contribution in [0.25, 0.3) is 0 Å². The quantitative estimate of drug-likeness (QED) is 0.780. The summed E-state index contributed by atoms with van der Waals surface area (Å²) in [4.78, 5) is 5.69. The molecule has 3 nitrogen and oxygen atoms in total. The Morgan fingerprint density at radius 3 is 2.68 bits per heavy atom. The highest BCUT2D eigenvalue weighted by Crippen LogP contribution is 2.26. The minimum absolute atomic E-state index is 0. The molecule has 102 valence electrons. The van der Waals surface area contributed by atoms with Crippen LogP contribution in [-0.2, 0) is 0 Å². The summed E-state index contributed by atoms with van der Waals surface area (Å²) in [6.07, 6.45) is 2.00. The molecule has 0 aromatic heterocycles. The lowest BCUT2D eigenvalue weighted by molar-refractivity contribution is 0.300. The van der Waals surface area contributed by atoms with Crippen molar-refractivity contribution in [3.05, 3.63) is 35.4 Å². The van der Waals surface area contributed by atoms with E-state index < -0.39 is 0 Å². The van der Waals surface area contributed by atoms with Gasteiger partial charge in [-0.25, -0.2) is 0 Å². The average molecular weight is 296 g/mol. The summed E-state index contributed by atoms with van der Waals surface area (Å²) in [6, 6.07) is 8.38. The van der Waals surface area contributed by atoms with E-state index in [1.807, 2.05) is 0 Å². The van der Waals surface area contributed by atoms with Crippen molar-refractivity contribution in [2.75, 3.05) is 13.1 Å². The Balaban J connectivity index is 0.00000133. The van der Waals surface area contributed by atoms with Crippen LogP contribution in [0.15, 0.2) is 29.3 Å². The van der Waals surface area contributed by atoms with Crippen LogP contribution in [0.2, 0.25) is 0 Å². The summed E-state index contributed by atoms with van der Waals surface area (Å²) in [6.45, 7) is 4.09. The van der Waals surface area contributed by atoms with Gasteiger partial charge in [-0.15, -0.1) is 12.4 Å². The molecule has 3 rings (SSSR count). The molecule has 0 saturated carbocycles. The molecule has 2 heterocycles. The number of hydrogen-bond donors (Lipinski definition) is 2. The van der Waals surface area contributed by atoms with Crippen LogP contribution < -0.4 is 10.6 Å². The standard InChI is InChI=1S/C14H17N3S.ClH/c1-10-3-2-4-11(9-10)12-13(18)17-14(16-12)5-7-15-8-6-14;/h2-4,9,15H,5-8H2,1H3,(H,17,18);1H. The second-order valence-corrected chi connectivity index (χ2v) is 5.47. The normalized spacial score (nSPS) is 20.7. The highest BCUT2D eigenvalue weighted by Gasteiger charge is 2.38. The number of aliphatic imine (C=N–C) groups is 1. The van der Waals surface area contributed by atoms with Crippen molar-refractivity contribution in [3.8, 4) is 0 Å². The largest absolute Gasteiger partial charge is 0.350 e. The molecule has 2 aliphatic rings. The van der Waals surface area contributed by atoms with E-state index in [2.05, 4.69) is 41.8 Å². The van der Waals surface area contributed by atoms with Gasteiger partial charge in [0.1, 0.15) is 16.4 Å². The Labute approximate surface area is 125 Å². The van der Waals surface area contributed by atoms with Crippen LogP contribution in [0.4, 0.5) is 0 Å². The SMILES string of the molecule is Cc1cccc(C2=NC3(CCNCC3)NC2=S)c1.Cl. The van der Waals surface area contributed by atoms with Crippen LogP contribution in [0.1, 0.15) is 24.0 Å². The van der Waals surface area contributed by atoms with E-state index in [1.165, 1.54) is 5.56 Å².